The zero-order chi connectivity index (χ0) is 20.0. The Morgan fingerprint density at radius 2 is 2.11 bits per heavy atom. The third-order valence-electron chi connectivity index (χ3n) is 3.94. The van der Waals surface area contributed by atoms with Gasteiger partial charge in [-0.1, -0.05) is 6.07 Å². The molecule has 0 aliphatic carbocycles. The molecule has 2 rings (SSSR count). The summed E-state index contributed by atoms with van der Waals surface area (Å²) in [5, 5.41) is 17.1. The summed E-state index contributed by atoms with van der Waals surface area (Å²) in [5.41, 5.74) is 5.10. The molecule has 7 heteroatoms. The van der Waals surface area contributed by atoms with E-state index in [1.165, 1.54) is 0 Å². The van der Waals surface area contributed by atoms with E-state index in [1.807, 2.05) is 38.2 Å². The van der Waals surface area contributed by atoms with Gasteiger partial charge in [-0.2, -0.15) is 5.10 Å². The summed E-state index contributed by atoms with van der Waals surface area (Å²) >= 11 is 0. The second-order valence-corrected chi connectivity index (χ2v) is 8.03. The molecule has 0 aliphatic heterocycles. The molecule has 0 aliphatic rings. The number of quaternary nitrogens is 1. The Morgan fingerprint density at radius 3 is 2.78 bits per heavy atom. The third-order valence-corrected chi connectivity index (χ3v) is 3.94. The van der Waals surface area contributed by atoms with Gasteiger partial charge in [-0.3, -0.25) is 4.79 Å². The Labute approximate surface area is 160 Å². The van der Waals surface area contributed by atoms with Crippen LogP contribution in [0.4, 0.5) is 0 Å². The lowest BCUT2D eigenvalue weighted by atomic mass is 10.1. The maximum absolute atomic E-state index is 12.1. The van der Waals surface area contributed by atoms with Gasteiger partial charge in [0.2, 0.25) is 5.91 Å². The van der Waals surface area contributed by atoms with E-state index in [9.17, 15) is 9.90 Å². The molecule has 0 saturated heterocycles. The maximum atomic E-state index is 12.1. The highest BCUT2D eigenvalue weighted by Gasteiger charge is 2.18. The Bertz CT molecular complexity index is 801. The summed E-state index contributed by atoms with van der Waals surface area (Å²) in [6, 6.07) is 5.67. The molecule has 1 amide bonds. The van der Waals surface area contributed by atoms with Gasteiger partial charge in [-0.05, 0) is 52.3 Å². The number of hydrazone groups is 1. The average molecular weight is 375 g/mol. The number of aliphatic hydroxyl groups excluding tert-OH is 1. The first-order valence-corrected chi connectivity index (χ1v) is 9.19. The summed E-state index contributed by atoms with van der Waals surface area (Å²) in [6.07, 6.45) is 1.42. The molecule has 7 nitrogen and oxygen atoms in total. The molecule has 27 heavy (non-hydrogen) atoms. The van der Waals surface area contributed by atoms with E-state index in [4.69, 9.17) is 4.74 Å². The number of nitrogens with one attached hydrogen (secondary N) is 2. The van der Waals surface area contributed by atoms with Crippen molar-refractivity contribution in [1.82, 2.24) is 10.4 Å². The minimum Gasteiger partial charge on any atom is -0.490 e. The van der Waals surface area contributed by atoms with Gasteiger partial charge in [-0.25, -0.2) is 5.43 Å². The molecule has 2 aromatic rings. The van der Waals surface area contributed by atoms with Crippen molar-refractivity contribution in [1.29, 1.82) is 0 Å². The number of hydrogen-bond acceptors (Lipinski definition) is 4. The van der Waals surface area contributed by atoms with Crippen molar-refractivity contribution >= 4 is 22.5 Å². The number of aliphatic hydroxyl groups is 1. The van der Waals surface area contributed by atoms with Crippen molar-refractivity contribution in [3.63, 3.8) is 0 Å². The molecule has 0 bridgehead atoms. The van der Waals surface area contributed by atoms with Crippen LogP contribution in [0.15, 0.2) is 29.5 Å². The highest BCUT2D eigenvalue weighted by atomic mass is 16.5. The Balaban J connectivity index is 2.07. The van der Waals surface area contributed by atoms with Crippen molar-refractivity contribution in [2.75, 3.05) is 13.2 Å². The quantitative estimate of drug-likeness (QED) is 0.413. The van der Waals surface area contributed by atoms with Crippen LogP contribution in [0.3, 0.4) is 0 Å². The molecule has 0 saturated carbocycles. The Hall–Kier alpha value is -2.38. The molecule has 1 atom stereocenters. The zero-order valence-electron chi connectivity index (χ0n) is 16.8. The molecule has 0 unspecified atom stereocenters. The number of fused-ring (bicyclic) bond motifs is 1. The van der Waals surface area contributed by atoms with Gasteiger partial charge in [0.15, 0.2) is 0 Å². The van der Waals surface area contributed by atoms with Crippen molar-refractivity contribution in [2.45, 2.75) is 52.7 Å². The second-order valence-electron chi connectivity index (χ2n) is 8.03. The van der Waals surface area contributed by atoms with E-state index in [0.29, 0.717) is 12.3 Å². The minimum absolute atomic E-state index is 0.0570. The normalized spacial score (nSPS) is 12.7. The number of amides is 1. The summed E-state index contributed by atoms with van der Waals surface area (Å²) < 4.78 is 5.88. The van der Waals surface area contributed by atoms with Crippen LogP contribution in [0, 0.1) is 0 Å². The van der Waals surface area contributed by atoms with E-state index in [-0.39, 0.29) is 24.5 Å². The zero-order valence-corrected chi connectivity index (χ0v) is 16.8. The average Bonchev–Trinajstić information content (AvgIpc) is 2.99. The van der Waals surface area contributed by atoms with Crippen LogP contribution >= 0.6 is 0 Å². The Morgan fingerprint density at radius 1 is 1.37 bits per heavy atom. The lowest BCUT2D eigenvalue weighted by Crippen LogP contribution is -2.96. The lowest BCUT2D eigenvalue weighted by molar-refractivity contribution is -0.722. The molecule has 1 aromatic heterocycles. The van der Waals surface area contributed by atoms with E-state index >= 15 is 0 Å². The fourth-order valence-electron chi connectivity index (χ4n) is 2.61. The monoisotopic (exact) mass is 375 g/mol. The third kappa shape index (κ3) is 6.69. The number of carbonyl (C=O) groups is 1. The molecule has 0 radical (unpaired) electrons. The fourth-order valence-corrected chi connectivity index (χ4v) is 2.61. The topological polar surface area (TPSA) is 103 Å². The number of aromatic amines is 1. The van der Waals surface area contributed by atoms with E-state index in [1.54, 1.807) is 0 Å². The second kappa shape index (κ2) is 9.01. The van der Waals surface area contributed by atoms with Gasteiger partial charge in [0.25, 0.3) is 0 Å². The van der Waals surface area contributed by atoms with Gasteiger partial charge in [0.1, 0.15) is 25.0 Å². The molecule has 5 N–H and O–H groups in total. The van der Waals surface area contributed by atoms with E-state index in [2.05, 4.69) is 41.6 Å². The SMILES string of the molecule is CC(C)=NNC(=O)Cc1c[nH]c2cccc(OC[C@H](O)C[NH2+]C(C)(C)C)c12. The predicted molar refractivity (Wildman–Crippen MR) is 107 cm³/mol. The summed E-state index contributed by atoms with van der Waals surface area (Å²) in [4.78, 5) is 15.3. The van der Waals surface area contributed by atoms with E-state index < -0.39 is 6.10 Å². The van der Waals surface area contributed by atoms with Crippen LogP contribution < -0.4 is 15.5 Å². The van der Waals surface area contributed by atoms with Gasteiger partial charge >= 0.3 is 0 Å². The smallest absolute Gasteiger partial charge is 0.244 e. The van der Waals surface area contributed by atoms with Crippen LogP contribution in [0.5, 0.6) is 5.75 Å². The summed E-state index contributed by atoms with van der Waals surface area (Å²) in [5.74, 6) is 0.466. The van der Waals surface area contributed by atoms with Crippen molar-refractivity contribution in [3.05, 3.63) is 30.0 Å². The first kappa shape index (κ1) is 20.9. The maximum Gasteiger partial charge on any atom is 0.244 e. The van der Waals surface area contributed by atoms with Crippen LogP contribution in [0.25, 0.3) is 10.9 Å². The minimum atomic E-state index is -0.577. The number of hydrogen-bond donors (Lipinski definition) is 4. The number of rotatable bonds is 8. The molecule has 1 aromatic carbocycles. The van der Waals surface area contributed by atoms with E-state index in [0.717, 1.165) is 22.2 Å². The van der Waals surface area contributed by atoms with Crippen molar-refractivity contribution < 1.29 is 20.0 Å². The molecular formula is C20H31N4O3+. The molecule has 148 valence electrons. The van der Waals surface area contributed by atoms with Crippen molar-refractivity contribution in [2.24, 2.45) is 5.10 Å². The lowest BCUT2D eigenvalue weighted by Gasteiger charge is -2.19. The first-order chi connectivity index (χ1) is 12.7. The van der Waals surface area contributed by atoms with Gasteiger partial charge in [0.05, 0.1) is 12.0 Å². The van der Waals surface area contributed by atoms with Crippen LogP contribution in [0.1, 0.15) is 40.2 Å². The number of H-pyrrole nitrogens is 1. The Kier molecular flexibility index (Phi) is 6.98. The number of benzene rings is 1. The largest absolute Gasteiger partial charge is 0.490 e. The van der Waals surface area contributed by atoms with Gasteiger partial charge in [0, 0.05) is 22.8 Å². The predicted octanol–water partition coefficient (Wildman–Crippen LogP) is 1.32. The summed E-state index contributed by atoms with van der Waals surface area (Å²) in [7, 11) is 0. The van der Waals surface area contributed by atoms with Crippen LogP contribution in [0.2, 0.25) is 0 Å². The standard InChI is InChI=1S/C20H30N4O3/c1-13(2)23-24-18(26)9-14-10-21-16-7-6-8-17(19(14)16)27-12-15(25)11-22-20(3,4)5/h6-8,10,15,21-22,25H,9,11-12H2,1-5H3,(H,24,26)/p+1/t15-/m1/s1. The molecule has 0 fully saturated rings. The number of ether oxygens (including phenoxy) is 1. The van der Waals surface area contributed by atoms with Crippen molar-refractivity contribution in [3.8, 4) is 5.75 Å². The number of nitrogens with two attached hydrogens (primary N) is 1. The number of aromatic nitrogens is 1. The van der Waals surface area contributed by atoms with Gasteiger partial charge in [-0.15, -0.1) is 0 Å². The fraction of sp³-hybridized carbons (Fsp3) is 0.500. The van der Waals surface area contributed by atoms with Gasteiger partial charge < -0.3 is 20.1 Å². The highest BCUT2D eigenvalue weighted by molar-refractivity contribution is 5.93. The van der Waals surface area contributed by atoms with Crippen LogP contribution in [-0.4, -0.2) is 46.5 Å². The molecule has 0 spiro atoms. The summed E-state index contributed by atoms with van der Waals surface area (Å²) in [6.45, 7) is 10.7. The van der Waals surface area contributed by atoms with Crippen LogP contribution in [-0.2, 0) is 11.2 Å². The first-order valence-electron chi connectivity index (χ1n) is 9.19. The highest BCUT2D eigenvalue weighted by Crippen LogP contribution is 2.29. The number of nitrogens with zero attached hydrogens (tertiary/aromatic N) is 1. The number of carbonyl (C=O) groups excluding carboxylic acids is 1. The molecule has 1 heterocycles. The molecular weight excluding hydrogens is 344 g/mol.